The van der Waals surface area contributed by atoms with Crippen LogP contribution in [0.15, 0.2) is 59.5 Å². The number of carbonyl (C=O) groups excluding carboxylic acids is 1. The number of sulfonamides is 1. The van der Waals surface area contributed by atoms with Crippen molar-refractivity contribution in [1.82, 2.24) is 15.1 Å². The molecule has 0 spiro atoms. The third-order valence-corrected chi connectivity index (χ3v) is 5.11. The van der Waals surface area contributed by atoms with Gasteiger partial charge in [-0.1, -0.05) is 0 Å². The summed E-state index contributed by atoms with van der Waals surface area (Å²) < 4.78 is 29.8. The Morgan fingerprint density at radius 2 is 1.79 bits per heavy atom. The molecule has 3 rings (SSSR count). The Morgan fingerprint density at radius 3 is 2.32 bits per heavy atom. The Hall–Kier alpha value is -3.17. The van der Waals surface area contributed by atoms with Crippen molar-refractivity contribution in [2.24, 2.45) is 5.14 Å². The van der Waals surface area contributed by atoms with E-state index in [0.717, 1.165) is 17.0 Å². The molecule has 2 aromatic carbocycles. The molecule has 0 aliphatic rings. The highest BCUT2D eigenvalue weighted by molar-refractivity contribution is 7.89. The second-order valence-electron chi connectivity index (χ2n) is 6.05. The van der Waals surface area contributed by atoms with Crippen LogP contribution in [-0.4, -0.2) is 38.3 Å². The maximum Gasteiger partial charge on any atom is 0.238 e. The van der Waals surface area contributed by atoms with Crippen molar-refractivity contribution >= 4 is 15.9 Å². The molecular weight excluding hydrogens is 380 g/mol. The van der Waals surface area contributed by atoms with Crippen LogP contribution in [0.4, 0.5) is 0 Å². The van der Waals surface area contributed by atoms with Crippen LogP contribution in [0, 0.1) is 0 Å². The van der Waals surface area contributed by atoms with Gasteiger partial charge in [-0.3, -0.25) is 4.79 Å². The molecule has 0 fully saturated rings. The van der Waals surface area contributed by atoms with Crippen LogP contribution in [-0.2, 0) is 21.2 Å². The van der Waals surface area contributed by atoms with E-state index in [1.807, 2.05) is 30.3 Å². The monoisotopic (exact) mass is 400 g/mol. The summed E-state index contributed by atoms with van der Waals surface area (Å²) in [6, 6.07) is 15.3. The Labute approximate surface area is 163 Å². The molecular formula is C19H20N4O4S. The van der Waals surface area contributed by atoms with E-state index in [0.29, 0.717) is 11.4 Å². The van der Waals surface area contributed by atoms with Crippen molar-refractivity contribution in [3.05, 3.63) is 60.3 Å². The zero-order chi connectivity index (χ0) is 20.3. The molecule has 1 heterocycles. The van der Waals surface area contributed by atoms with E-state index < -0.39 is 10.0 Å². The number of primary sulfonamides is 1. The minimum absolute atomic E-state index is 0.0139. The molecule has 0 bridgehead atoms. The van der Waals surface area contributed by atoms with E-state index in [2.05, 4.69) is 10.4 Å². The summed E-state index contributed by atoms with van der Waals surface area (Å²) in [7, 11) is -0.626. The number of nitrogens with one attached hydrogen (secondary N) is 1. The van der Waals surface area contributed by atoms with Crippen molar-refractivity contribution in [2.45, 2.75) is 11.3 Å². The van der Waals surface area contributed by atoms with Crippen molar-refractivity contribution in [2.75, 3.05) is 14.2 Å². The van der Waals surface area contributed by atoms with Gasteiger partial charge in [-0.2, -0.15) is 5.10 Å². The summed E-state index contributed by atoms with van der Waals surface area (Å²) in [4.78, 5) is 11.8. The number of carbonyl (C=O) groups is 1. The molecule has 3 aromatic rings. The van der Waals surface area contributed by atoms with Crippen molar-refractivity contribution in [3.8, 4) is 22.7 Å². The first-order chi connectivity index (χ1) is 13.3. The molecule has 9 heteroatoms. The van der Waals surface area contributed by atoms with Gasteiger partial charge in [0.2, 0.25) is 15.9 Å². The minimum Gasteiger partial charge on any atom is -0.497 e. The van der Waals surface area contributed by atoms with Crippen LogP contribution in [0.25, 0.3) is 16.9 Å². The number of ether oxygens (including phenoxy) is 1. The molecule has 0 aliphatic carbocycles. The van der Waals surface area contributed by atoms with E-state index in [9.17, 15) is 13.2 Å². The third-order valence-electron chi connectivity index (χ3n) is 4.18. The normalized spacial score (nSPS) is 11.2. The Kier molecular flexibility index (Phi) is 5.48. The molecule has 8 nitrogen and oxygen atoms in total. The summed E-state index contributed by atoms with van der Waals surface area (Å²) in [5, 5.41) is 12.3. The second-order valence-corrected chi connectivity index (χ2v) is 7.61. The Bertz CT molecular complexity index is 1090. The molecule has 0 aliphatic heterocycles. The van der Waals surface area contributed by atoms with E-state index in [-0.39, 0.29) is 17.2 Å². The summed E-state index contributed by atoms with van der Waals surface area (Å²) in [6.07, 6.45) is 0.127. The van der Waals surface area contributed by atoms with E-state index in [4.69, 9.17) is 9.88 Å². The van der Waals surface area contributed by atoms with Crippen LogP contribution in [0.5, 0.6) is 5.75 Å². The standard InChI is InChI=1S/C19H20N4O4S/c1-21-19(24)12-14-11-18(13-3-7-16(27-2)8-4-13)23(22-14)15-5-9-17(10-6-15)28(20,25)26/h3-11H,12H2,1-2H3,(H,21,24)(H2,20,25,26). The average molecular weight is 400 g/mol. The lowest BCUT2D eigenvalue weighted by molar-refractivity contribution is -0.120. The number of benzene rings is 2. The summed E-state index contributed by atoms with van der Waals surface area (Å²) >= 11 is 0. The average Bonchev–Trinajstić information content (AvgIpc) is 3.11. The number of hydrogen-bond acceptors (Lipinski definition) is 5. The first-order valence-electron chi connectivity index (χ1n) is 8.39. The van der Waals surface area contributed by atoms with Gasteiger partial charge in [0.1, 0.15) is 5.75 Å². The molecule has 1 aromatic heterocycles. The first-order valence-corrected chi connectivity index (χ1v) is 9.93. The fourth-order valence-electron chi connectivity index (χ4n) is 2.71. The van der Waals surface area contributed by atoms with Crippen LogP contribution in [0.2, 0.25) is 0 Å². The SMILES string of the molecule is CNC(=O)Cc1cc(-c2ccc(OC)cc2)n(-c2ccc(S(N)(=O)=O)cc2)n1. The Morgan fingerprint density at radius 1 is 1.14 bits per heavy atom. The maximum atomic E-state index is 11.8. The molecule has 146 valence electrons. The second kappa shape index (κ2) is 7.83. The fraction of sp³-hybridized carbons (Fsp3) is 0.158. The van der Waals surface area contributed by atoms with Gasteiger partial charge < -0.3 is 10.1 Å². The van der Waals surface area contributed by atoms with Gasteiger partial charge in [0.05, 0.1) is 35.5 Å². The van der Waals surface area contributed by atoms with Crippen LogP contribution in [0.1, 0.15) is 5.69 Å². The molecule has 1 amide bonds. The van der Waals surface area contributed by atoms with Gasteiger partial charge in [0.15, 0.2) is 0 Å². The zero-order valence-electron chi connectivity index (χ0n) is 15.4. The maximum absolute atomic E-state index is 11.8. The predicted octanol–water partition coefficient (Wildman–Crippen LogP) is 1.48. The predicted molar refractivity (Wildman–Crippen MR) is 105 cm³/mol. The van der Waals surface area contributed by atoms with Crippen LogP contribution >= 0.6 is 0 Å². The summed E-state index contributed by atoms with van der Waals surface area (Å²) in [5.74, 6) is 0.563. The summed E-state index contributed by atoms with van der Waals surface area (Å²) in [5.41, 5.74) is 2.85. The first kappa shape index (κ1) is 19.6. The number of amides is 1. The van der Waals surface area contributed by atoms with Gasteiger partial charge in [0, 0.05) is 12.6 Å². The summed E-state index contributed by atoms with van der Waals surface area (Å²) in [6.45, 7) is 0. The smallest absolute Gasteiger partial charge is 0.238 e. The van der Waals surface area contributed by atoms with Crippen LogP contribution < -0.4 is 15.2 Å². The largest absolute Gasteiger partial charge is 0.497 e. The van der Waals surface area contributed by atoms with E-state index in [1.165, 1.54) is 12.1 Å². The molecule has 28 heavy (non-hydrogen) atoms. The highest BCUT2D eigenvalue weighted by Crippen LogP contribution is 2.26. The number of hydrogen-bond donors (Lipinski definition) is 2. The molecule has 0 saturated carbocycles. The highest BCUT2D eigenvalue weighted by Gasteiger charge is 2.15. The quantitative estimate of drug-likeness (QED) is 0.650. The molecule has 0 unspecified atom stereocenters. The number of aromatic nitrogens is 2. The van der Waals surface area contributed by atoms with Gasteiger partial charge in [0.25, 0.3) is 0 Å². The molecule has 0 saturated heterocycles. The number of rotatable bonds is 6. The van der Waals surface area contributed by atoms with Crippen molar-refractivity contribution in [3.63, 3.8) is 0 Å². The third kappa shape index (κ3) is 4.21. The molecule has 0 radical (unpaired) electrons. The van der Waals surface area contributed by atoms with Gasteiger partial charge >= 0.3 is 0 Å². The molecule has 3 N–H and O–H groups in total. The van der Waals surface area contributed by atoms with E-state index >= 15 is 0 Å². The zero-order valence-corrected chi connectivity index (χ0v) is 16.2. The topological polar surface area (TPSA) is 116 Å². The highest BCUT2D eigenvalue weighted by atomic mass is 32.2. The Balaban J connectivity index is 2.08. The lowest BCUT2D eigenvalue weighted by atomic mass is 10.1. The van der Waals surface area contributed by atoms with Crippen molar-refractivity contribution < 1.29 is 17.9 Å². The van der Waals surface area contributed by atoms with E-state index in [1.54, 1.807) is 31.0 Å². The van der Waals surface area contributed by atoms with Gasteiger partial charge in [-0.15, -0.1) is 0 Å². The lowest BCUT2D eigenvalue weighted by Gasteiger charge is -2.09. The molecule has 0 atom stereocenters. The lowest BCUT2D eigenvalue weighted by Crippen LogP contribution is -2.20. The van der Waals surface area contributed by atoms with Gasteiger partial charge in [-0.05, 0) is 54.6 Å². The number of nitrogens with two attached hydrogens (primary N) is 1. The minimum atomic E-state index is -3.78. The number of likely N-dealkylation sites (N-methyl/N-ethyl adjacent to an activating group) is 1. The number of methoxy groups -OCH3 is 1. The van der Waals surface area contributed by atoms with Gasteiger partial charge in [-0.25, -0.2) is 18.2 Å². The van der Waals surface area contributed by atoms with Crippen molar-refractivity contribution in [1.29, 1.82) is 0 Å². The van der Waals surface area contributed by atoms with Crippen LogP contribution in [0.3, 0.4) is 0 Å². The number of nitrogens with zero attached hydrogens (tertiary/aromatic N) is 2. The fourth-order valence-corrected chi connectivity index (χ4v) is 3.23.